The maximum Gasteiger partial charge on any atom is 0.308 e. The molecule has 1 saturated heterocycles. The summed E-state index contributed by atoms with van der Waals surface area (Å²) in [6.45, 7) is 5.66. The van der Waals surface area contributed by atoms with E-state index >= 15 is 0 Å². The van der Waals surface area contributed by atoms with E-state index in [1.165, 1.54) is 10.3 Å². The lowest BCUT2D eigenvalue weighted by Gasteiger charge is -2.34. The zero-order valence-electron chi connectivity index (χ0n) is 11.7. The van der Waals surface area contributed by atoms with Crippen molar-refractivity contribution in [3.8, 4) is 0 Å². The molecule has 2 atom stereocenters. The second-order valence-corrected chi connectivity index (χ2v) is 6.68. The minimum atomic E-state index is -0.696. The number of fused-ring (bicyclic) bond motifs is 1. The van der Waals surface area contributed by atoms with E-state index in [0.29, 0.717) is 12.5 Å². The predicted octanol–water partition coefficient (Wildman–Crippen LogP) is 3.15. The number of rotatable bonds is 2. The van der Waals surface area contributed by atoms with Gasteiger partial charge in [0.1, 0.15) is 0 Å². The fourth-order valence-electron chi connectivity index (χ4n) is 2.90. The first-order valence-corrected chi connectivity index (χ1v) is 7.70. The Kier molecular flexibility index (Phi) is 3.38. The fourth-order valence-corrected chi connectivity index (χ4v) is 3.95. The van der Waals surface area contributed by atoms with E-state index in [9.17, 15) is 9.90 Å². The number of hydrogen-bond donors (Lipinski definition) is 1. The number of carboxylic acids is 1. The Morgan fingerprint density at radius 3 is 2.95 bits per heavy atom. The van der Waals surface area contributed by atoms with Crippen molar-refractivity contribution in [2.75, 3.05) is 18.0 Å². The third kappa shape index (κ3) is 2.38. The minimum absolute atomic E-state index is 0.285. The minimum Gasteiger partial charge on any atom is -0.481 e. The Labute approximate surface area is 122 Å². The number of carboxylic acid groups (broad SMARTS) is 1. The normalized spacial score (nSPS) is 23.2. The summed E-state index contributed by atoms with van der Waals surface area (Å²) < 4.78 is 1.20. The smallest absolute Gasteiger partial charge is 0.308 e. The number of thiazole rings is 1. The molecular weight excluding hydrogens is 272 g/mol. The summed E-state index contributed by atoms with van der Waals surface area (Å²) in [5, 5.41) is 10.2. The summed E-state index contributed by atoms with van der Waals surface area (Å²) in [4.78, 5) is 18.1. The summed E-state index contributed by atoms with van der Waals surface area (Å²) in [7, 11) is 0. The predicted molar refractivity (Wildman–Crippen MR) is 81.5 cm³/mol. The van der Waals surface area contributed by atoms with Crippen molar-refractivity contribution in [2.24, 2.45) is 11.8 Å². The molecule has 0 saturated carbocycles. The molecule has 0 aliphatic carbocycles. The molecule has 1 aromatic carbocycles. The molecule has 20 heavy (non-hydrogen) atoms. The van der Waals surface area contributed by atoms with E-state index in [4.69, 9.17) is 0 Å². The lowest BCUT2D eigenvalue weighted by Crippen LogP contribution is -2.42. The highest BCUT2D eigenvalue weighted by Gasteiger charge is 2.30. The molecule has 1 aliphatic rings. The van der Waals surface area contributed by atoms with Gasteiger partial charge in [0.25, 0.3) is 0 Å². The van der Waals surface area contributed by atoms with Crippen LogP contribution in [0.4, 0.5) is 5.13 Å². The average Bonchev–Trinajstić information content (AvgIpc) is 2.83. The van der Waals surface area contributed by atoms with Gasteiger partial charge in [0, 0.05) is 13.1 Å². The summed E-state index contributed by atoms with van der Waals surface area (Å²) >= 11 is 1.67. The molecule has 1 aromatic heterocycles. The molecular formula is C15H18N2O2S. The topological polar surface area (TPSA) is 53.4 Å². The van der Waals surface area contributed by atoms with Crippen molar-refractivity contribution in [2.45, 2.75) is 20.3 Å². The third-order valence-electron chi connectivity index (χ3n) is 3.88. The number of aryl methyl sites for hydroxylation is 1. The lowest BCUT2D eigenvalue weighted by molar-refractivity contribution is -0.142. The van der Waals surface area contributed by atoms with E-state index in [0.717, 1.165) is 23.6 Å². The molecule has 0 spiro atoms. The zero-order chi connectivity index (χ0) is 14.3. The van der Waals surface area contributed by atoms with Crippen molar-refractivity contribution >= 4 is 32.7 Å². The molecule has 3 rings (SSSR count). The van der Waals surface area contributed by atoms with Gasteiger partial charge in [-0.2, -0.15) is 0 Å². The first kappa shape index (κ1) is 13.4. The lowest BCUT2D eigenvalue weighted by atomic mass is 9.91. The van der Waals surface area contributed by atoms with Gasteiger partial charge < -0.3 is 10.0 Å². The second kappa shape index (κ2) is 5.05. The van der Waals surface area contributed by atoms with Crippen LogP contribution in [0.1, 0.15) is 18.9 Å². The fraction of sp³-hybridized carbons (Fsp3) is 0.467. The first-order valence-electron chi connectivity index (χ1n) is 6.88. The van der Waals surface area contributed by atoms with Crippen LogP contribution in [0.5, 0.6) is 0 Å². The van der Waals surface area contributed by atoms with Crippen LogP contribution in [0.2, 0.25) is 0 Å². The molecule has 1 aliphatic heterocycles. The van der Waals surface area contributed by atoms with Gasteiger partial charge in [0.2, 0.25) is 0 Å². The Morgan fingerprint density at radius 1 is 1.45 bits per heavy atom. The molecule has 2 heterocycles. The van der Waals surface area contributed by atoms with Gasteiger partial charge in [-0.05, 0) is 30.9 Å². The molecule has 1 fully saturated rings. The molecule has 5 heteroatoms. The number of hydrogen-bond acceptors (Lipinski definition) is 4. The summed E-state index contributed by atoms with van der Waals surface area (Å²) in [6.07, 6.45) is 0.760. The number of nitrogens with zero attached hydrogens (tertiary/aromatic N) is 2. The van der Waals surface area contributed by atoms with E-state index in [1.54, 1.807) is 11.3 Å². The Morgan fingerprint density at radius 2 is 2.25 bits per heavy atom. The van der Waals surface area contributed by atoms with Crippen LogP contribution in [-0.4, -0.2) is 29.1 Å². The quantitative estimate of drug-likeness (QED) is 0.923. The standard InChI is InChI=1S/C15H18N2O2S/c1-9-6-11(14(18)19)8-17(7-9)15-16-12-5-3-4-10(2)13(12)20-15/h3-5,9,11H,6-8H2,1-2H3,(H,18,19). The third-order valence-corrected chi connectivity index (χ3v) is 5.15. The molecule has 2 unspecified atom stereocenters. The van der Waals surface area contributed by atoms with Crippen LogP contribution in [0.15, 0.2) is 18.2 Å². The van der Waals surface area contributed by atoms with E-state index in [1.807, 2.05) is 12.1 Å². The highest BCUT2D eigenvalue weighted by Crippen LogP contribution is 2.34. The molecule has 106 valence electrons. The van der Waals surface area contributed by atoms with E-state index < -0.39 is 5.97 Å². The van der Waals surface area contributed by atoms with Gasteiger partial charge in [-0.1, -0.05) is 30.4 Å². The number of piperidine rings is 1. The summed E-state index contributed by atoms with van der Waals surface area (Å²) in [5.74, 6) is -0.594. The molecule has 0 bridgehead atoms. The van der Waals surface area contributed by atoms with Crippen LogP contribution < -0.4 is 4.90 Å². The van der Waals surface area contributed by atoms with Crippen molar-refractivity contribution in [1.82, 2.24) is 4.98 Å². The van der Waals surface area contributed by atoms with Crippen LogP contribution >= 0.6 is 11.3 Å². The van der Waals surface area contributed by atoms with Gasteiger partial charge in [-0.3, -0.25) is 4.79 Å². The van der Waals surface area contributed by atoms with Crippen molar-refractivity contribution in [1.29, 1.82) is 0 Å². The van der Waals surface area contributed by atoms with E-state index in [-0.39, 0.29) is 5.92 Å². The molecule has 0 amide bonds. The van der Waals surface area contributed by atoms with Crippen molar-refractivity contribution in [3.05, 3.63) is 23.8 Å². The Balaban J connectivity index is 1.93. The van der Waals surface area contributed by atoms with Crippen molar-refractivity contribution < 1.29 is 9.90 Å². The first-order chi connectivity index (χ1) is 9.54. The molecule has 0 radical (unpaired) electrons. The van der Waals surface area contributed by atoms with Crippen LogP contribution in [0, 0.1) is 18.8 Å². The summed E-state index contributed by atoms with van der Waals surface area (Å²) in [6, 6.07) is 6.12. The molecule has 4 nitrogen and oxygen atoms in total. The van der Waals surface area contributed by atoms with Gasteiger partial charge >= 0.3 is 5.97 Å². The van der Waals surface area contributed by atoms with Crippen LogP contribution in [0.3, 0.4) is 0 Å². The largest absolute Gasteiger partial charge is 0.481 e. The number of aliphatic carboxylic acids is 1. The number of aromatic nitrogens is 1. The number of carbonyl (C=O) groups is 1. The second-order valence-electron chi connectivity index (χ2n) is 5.70. The monoisotopic (exact) mass is 290 g/mol. The molecule has 2 aromatic rings. The van der Waals surface area contributed by atoms with Crippen LogP contribution in [0.25, 0.3) is 10.2 Å². The van der Waals surface area contributed by atoms with Crippen molar-refractivity contribution in [3.63, 3.8) is 0 Å². The van der Waals surface area contributed by atoms with Gasteiger partial charge in [0.05, 0.1) is 16.1 Å². The van der Waals surface area contributed by atoms with Gasteiger partial charge in [-0.25, -0.2) is 4.98 Å². The van der Waals surface area contributed by atoms with E-state index in [2.05, 4.69) is 29.8 Å². The highest BCUT2D eigenvalue weighted by molar-refractivity contribution is 7.22. The SMILES string of the molecule is Cc1cccc2nc(N3CC(C)CC(C(=O)O)C3)sc12. The zero-order valence-corrected chi connectivity index (χ0v) is 12.5. The molecule has 1 N–H and O–H groups in total. The average molecular weight is 290 g/mol. The van der Waals surface area contributed by atoms with Gasteiger partial charge in [-0.15, -0.1) is 0 Å². The maximum atomic E-state index is 11.3. The van der Waals surface area contributed by atoms with Crippen LogP contribution in [-0.2, 0) is 4.79 Å². The highest BCUT2D eigenvalue weighted by atomic mass is 32.1. The van der Waals surface area contributed by atoms with Gasteiger partial charge in [0.15, 0.2) is 5.13 Å². The Hall–Kier alpha value is -1.62. The maximum absolute atomic E-state index is 11.3. The number of anilines is 1. The summed E-state index contributed by atoms with van der Waals surface area (Å²) in [5.41, 5.74) is 2.24. The Bertz CT molecular complexity index is 652. The number of benzene rings is 1.